The highest BCUT2D eigenvalue weighted by Crippen LogP contribution is 2.24. The average molecular weight is 393 g/mol. The summed E-state index contributed by atoms with van der Waals surface area (Å²) in [5.41, 5.74) is 1.30. The fraction of sp³-hybridized carbons (Fsp3) is 0.444. The first-order chi connectivity index (χ1) is 12.8. The topological polar surface area (TPSA) is 93.0 Å². The van der Waals surface area contributed by atoms with Crippen LogP contribution in [0.15, 0.2) is 33.7 Å². The van der Waals surface area contributed by atoms with Gasteiger partial charge in [0.15, 0.2) is 12.4 Å². The molecule has 27 heavy (non-hydrogen) atoms. The summed E-state index contributed by atoms with van der Waals surface area (Å²) < 4.78 is 37.6. The van der Waals surface area contributed by atoms with Gasteiger partial charge >= 0.3 is 0 Å². The molecule has 9 heteroatoms. The van der Waals surface area contributed by atoms with Gasteiger partial charge in [0, 0.05) is 26.2 Å². The number of carbonyl (C=O) groups excluding carboxylic acids is 1. The van der Waals surface area contributed by atoms with Crippen LogP contribution in [-0.2, 0) is 14.8 Å². The van der Waals surface area contributed by atoms with Crippen molar-refractivity contribution in [3.63, 3.8) is 0 Å². The fourth-order valence-corrected chi connectivity index (χ4v) is 4.81. The highest BCUT2D eigenvalue weighted by atomic mass is 32.2. The number of hydrogen-bond donors (Lipinski definition) is 0. The third kappa shape index (κ3) is 3.98. The summed E-state index contributed by atoms with van der Waals surface area (Å²) >= 11 is 0. The summed E-state index contributed by atoms with van der Waals surface area (Å²) in [5, 5.41) is 3.72. The monoisotopic (exact) mass is 393 g/mol. The summed E-state index contributed by atoms with van der Waals surface area (Å²) in [4.78, 5) is 14.1. The zero-order chi connectivity index (χ0) is 19.6. The van der Waals surface area contributed by atoms with Crippen LogP contribution in [0, 0.1) is 20.8 Å². The number of carbonyl (C=O) groups is 1. The number of aryl methyl sites for hydroxylation is 3. The van der Waals surface area contributed by atoms with Gasteiger partial charge in [-0.3, -0.25) is 4.79 Å². The second-order valence-corrected chi connectivity index (χ2v) is 8.37. The SMILES string of the molecule is Cc1ccccc1OCC(=O)N1CCN(S(=O)(=O)c2c(C)noc2C)CC1. The Balaban J connectivity index is 1.58. The third-order valence-electron chi connectivity index (χ3n) is 4.60. The van der Waals surface area contributed by atoms with Crippen molar-refractivity contribution in [2.24, 2.45) is 0 Å². The van der Waals surface area contributed by atoms with Crippen LogP contribution in [0.4, 0.5) is 0 Å². The predicted molar refractivity (Wildman–Crippen MR) is 98.0 cm³/mol. The van der Waals surface area contributed by atoms with E-state index in [1.165, 1.54) is 4.31 Å². The summed E-state index contributed by atoms with van der Waals surface area (Å²) in [6.07, 6.45) is 0. The molecule has 0 radical (unpaired) electrons. The number of sulfonamides is 1. The maximum atomic E-state index is 12.8. The molecule has 0 bridgehead atoms. The number of ether oxygens (including phenoxy) is 1. The molecule has 0 unspecified atom stereocenters. The minimum Gasteiger partial charge on any atom is -0.484 e. The van der Waals surface area contributed by atoms with Crippen molar-refractivity contribution >= 4 is 15.9 Å². The Labute approximate surface area is 158 Å². The number of hydrogen-bond acceptors (Lipinski definition) is 6. The van der Waals surface area contributed by atoms with Crippen LogP contribution in [0.1, 0.15) is 17.0 Å². The number of para-hydroxylation sites is 1. The van der Waals surface area contributed by atoms with Crippen molar-refractivity contribution in [2.75, 3.05) is 32.8 Å². The predicted octanol–water partition coefficient (Wildman–Crippen LogP) is 1.51. The normalized spacial score (nSPS) is 15.7. The van der Waals surface area contributed by atoms with Crippen LogP contribution < -0.4 is 4.74 Å². The van der Waals surface area contributed by atoms with Crippen molar-refractivity contribution in [1.82, 2.24) is 14.4 Å². The molecule has 3 rings (SSSR count). The molecule has 0 N–H and O–H groups in total. The quantitative estimate of drug-likeness (QED) is 0.765. The Morgan fingerprint density at radius 3 is 2.41 bits per heavy atom. The summed E-state index contributed by atoms with van der Waals surface area (Å²) in [6.45, 7) is 6.11. The van der Waals surface area contributed by atoms with Gasteiger partial charge in [0.1, 0.15) is 16.3 Å². The van der Waals surface area contributed by atoms with Crippen LogP contribution in [0.5, 0.6) is 5.75 Å². The van der Waals surface area contributed by atoms with E-state index in [4.69, 9.17) is 9.26 Å². The van der Waals surface area contributed by atoms with Crippen molar-refractivity contribution in [3.8, 4) is 5.75 Å². The molecule has 1 aromatic carbocycles. The van der Waals surface area contributed by atoms with Gasteiger partial charge in [0.05, 0.1) is 0 Å². The van der Waals surface area contributed by atoms with Gasteiger partial charge in [-0.1, -0.05) is 23.4 Å². The minimum absolute atomic E-state index is 0.0680. The van der Waals surface area contributed by atoms with Gasteiger partial charge in [-0.25, -0.2) is 8.42 Å². The summed E-state index contributed by atoms with van der Waals surface area (Å²) in [6, 6.07) is 7.49. The molecule has 0 atom stereocenters. The zero-order valence-corrected chi connectivity index (χ0v) is 16.5. The molecule has 8 nitrogen and oxygen atoms in total. The van der Waals surface area contributed by atoms with Crippen molar-refractivity contribution in [1.29, 1.82) is 0 Å². The van der Waals surface area contributed by atoms with Crippen LogP contribution in [0.3, 0.4) is 0 Å². The number of nitrogens with zero attached hydrogens (tertiary/aromatic N) is 3. The van der Waals surface area contributed by atoms with Crippen molar-refractivity contribution < 1.29 is 22.5 Å². The maximum absolute atomic E-state index is 12.8. The molecule has 1 fully saturated rings. The zero-order valence-electron chi connectivity index (χ0n) is 15.6. The van der Waals surface area contributed by atoms with Gasteiger partial charge < -0.3 is 14.2 Å². The van der Waals surface area contributed by atoms with E-state index in [0.717, 1.165) is 5.56 Å². The molecule has 1 aromatic heterocycles. The molecule has 1 saturated heterocycles. The molecule has 0 saturated carbocycles. The Morgan fingerprint density at radius 2 is 1.81 bits per heavy atom. The number of benzene rings is 1. The fourth-order valence-electron chi connectivity index (χ4n) is 3.10. The lowest BCUT2D eigenvalue weighted by molar-refractivity contribution is -0.134. The van der Waals surface area contributed by atoms with E-state index in [0.29, 0.717) is 24.5 Å². The summed E-state index contributed by atoms with van der Waals surface area (Å²) in [5.74, 6) is 0.788. The molecule has 2 heterocycles. The number of piperazine rings is 1. The number of aromatic nitrogens is 1. The lowest BCUT2D eigenvalue weighted by atomic mass is 10.2. The highest BCUT2D eigenvalue weighted by molar-refractivity contribution is 7.89. The molecule has 146 valence electrons. The standard InChI is InChI=1S/C18H23N3O5S/c1-13-6-4-5-7-16(13)25-12-17(22)20-8-10-21(11-9-20)27(23,24)18-14(2)19-26-15(18)3/h4-7H,8-12H2,1-3H3. The van der Waals surface area contributed by atoms with Gasteiger partial charge in [-0.15, -0.1) is 0 Å². The molecule has 0 aliphatic carbocycles. The van der Waals surface area contributed by atoms with Gasteiger partial charge in [-0.05, 0) is 32.4 Å². The van der Waals surface area contributed by atoms with Crippen LogP contribution in [0.25, 0.3) is 0 Å². The largest absolute Gasteiger partial charge is 0.484 e. The van der Waals surface area contributed by atoms with E-state index in [-0.39, 0.29) is 36.3 Å². The van der Waals surface area contributed by atoms with Gasteiger partial charge in [-0.2, -0.15) is 4.31 Å². The first-order valence-corrected chi connectivity index (χ1v) is 10.1. The lowest BCUT2D eigenvalue weighted by Gasteiger charge is -2.33. The Morgan fingerprint density at radius 1 is 1.15 bits per heavy atom. The van der Waals surface area contributed by atoms with Crippen molar-refractivity contribution in [2.45, 2.75) is 25.7 Å². The van der Waals surface area contributed by atoms with E-state index in [2.05, 4.69) is 5.16 Å². The maximum Gasteiger partial charge on any atom is 0.260 e. The van der Waals surface area contributed by atoms with Crippen LogP contribution in [0.2, 0.25) is 0 Å². The number of rotatable bonds is 5. The van der Waals surface area contributed by atoms with E-state index in [1.54, 1.807) is 18.7 Å². The van der Waals surface area contributed by atoms with Crippen LogP contribution >= 0.6 is 0 Å². The Bertz CT molecular complexity index is 911. The van der Waals surface area contributed by atoms with Gasteiger partial charge in [0.2, 0.25) is 10.0 Å². The molecule has 1 aliphatic heterocycles. The summed E-state index contributed by atoms with van der Waals surface area (Å²) in [7, 11) is -3.68. The molecule has 1 amide bonds. The van der Waals surface area contributed by atoms with E-state index < -0.39 is 10.0 Å². The molecule has 0 spiro atoms. The molecule has 2 aromatic rings. The van der Waals surface area contributed by atoms with E-state index >= 15 is 0 Å². The lowest BCUT2D eigenvalue weighted by Crippen LogP contribution is -2.51. The van der Waals surface area contributed by atoms with E-state index in [1.807, 2.05) is 31.2 Å². The smallest absolute Gasteiger partial charge is 0.260 e. The van der Waals surface area contributed by atoms with Crippen molar-refractivity contribution in [3.05, 3.63) is 41.3 Å². The molecular formula is C18H23N3O5S. The Kier molecular flexibility index (Phi) is 5.52. The second-order valence-electron chi connectivity index (χ2n) is 6.49. The van der Waals surface area contributed by atoms with Gasteiger partial charge in [0.25, 0.3) is 5.91 Å². The minimum atomic E-state index is -3.68. The van der Waals surface area contributed by atoms with Crippen LogP contribution in [-0.4, -0.2) is 61.5 Å². The molecular weight excluding hydrogens is 370 g/mol. The first kappa shape index (κ1) is 19.4. The average Bonchev–Trinajstić information content (AvgIpc) is 3.00. The second kappa shape index (κ2) is 7.69. The highest BCUT2D eigenvalue weighted by Gasteiger charge is 2.34. The Hall–Kier alpha value is -2.39. The third-order valence-corrected chi connectivity index (χ3v) is 6.75. The first-order valence-electron chi connectivity index (χ1n) is 8.70. The molecule has 1 aliphatic rings. The van der Waals surface area contributed by atoms with E-state index in [9.17, 15) is 13.2 Å². The number of amides is 1.